The van der Waals surface area contributed by atoms with Crippen LogP contribution >= 0.6 is 0 Å². The largest absolute Gasteiger partial charge is 0.463 e. The van der Waals surface area contributed by atoms with E-state index in [4.69, 9.17) is 4.74 Å². The monoisotopic (exact) mass is 285 g/mol. The van der Waals surface area contributed by atoms with Crippen LogP contribution in [0.3, 0.4) is 0 Å². The molecule has 0 amide bonds. The molecule has 3 rings (SSSR count). The minimum absolute atomic E-state index is 0.319. The van der Waals surface area contributed by atoms with Gasteiger partial charge >= 0.3 is 5.97 Å². The molecule has 108 valence electrons. The number of rotatable bonds is 3. The molecule has 0 radical (unpaired) electrons. The summed E-state index contributed by atoms with van der Waals surface area (Å²) < 4.78 is 6.77. The van der Waals surface area contributed by atoms with Crippen molar-refractivity contribution in [3.63, 3.8) is 0 Å². The average Bonchev–Trinajstić information content (AvgIpc) is 2.94. The Bertz CT molecular complexity index is 692. The fourth-order valence-corrected chi connectivity index (χ4v) is 2.43. The molecule has 7 nitrogen and oxygen atoms in total. The molecule has 0 unspecified atom stereocenters. The Morgan fingerprint density at radius 1 is 1.38 bits per heavy atom. The summed E-state index contributed by atoms with van der Waals surface area (Å²) in [5.41, 5.74) is 2.14. The van der Waals surface area contributed by atoms with Crippen LogP contribution in [0.25, 0.3) is 0 Å². The molecule has 0 spiro atoms. The molecule has 1 aromatic carbocycles. The van der Waals surface area contributed by atoms with Gasteiger partial charge in [-0.2, -0.15) is 4.68 Å². The van der Waals surface area contributed by atoms with Crippen molar-refractivity contribution in [2.24, 2.45) is 0 Å². The third-order valence-corrected chi connectivity index (χ3v) is 3.32. The Morgan fingerprint density at radius 3 is 2.86 bits per heavy atom. The van der Waals surface area contributed by atoms with E-state index in [-0.39, 0.29) is 5.97 Å². The molecule has 1 atom stereocenters. The van der Waals surface area contributed by atoms with Crippen LogP contribution in [0, 0.1) is 0 Å². The van der Waals surface area contributed by atoms with Crippen molar-refractivity contribution in [1.29, 1.82) is 0 Å². The van der Waals surface area contributed by atoms with Crippen LogP contribution in [0.2, 0.25) is 0 Å². The molecule has 2 aromatic rings. The number of allylic oxidation sites excluding steroid dienone is 1. The number of esters is 1. The zero-order chi connectivity index (χ0) is 14.8. The predicted molar refractivity (Wildman–Crippen MR) is 75.4 cm³/mol. The van der Waals surface area contributed by atoms with Gasteiger partial charge in [-0.1, -0.05) is 35.4 Å². The van der Waals surface area contributed by atoms with Crippen LogP contribution in [0.1, 0.15) is 25.5 Å². The number of aromatic nitrogens is 4. The molecule has 1 aromatic heterocycles. The van der Waals surface area contributed by atoms with E-state index in [2.05, 4.69) is 20.8 Å². The number of nitrogens with one attached hydrogen (secondary N) is 1. The number of tetrazole rings is 1. The maximum atomic E-state index is 12.3. The number of carbonyl (C=O) groups excluding carboxylic acids is 1. The van der Waals surface area contributed by atoms with E-state index >= 15 is 0 Å². The lowest BCUT2D eigenvalue weighted by atomic mass is 9.96. The van der Waals surface area contributed by atoms with Crippen LogP contribution in [0.5, 0.6) is 0 Å². The van der Waals surface area contributed by atoms with E-state index in [1.54, 1.807) is 11.6 Å². The van der Waals surface area contributed by atoms with E-state index in [0.29, 0.717) is 23.8 Å². The van der Waals surface area contributed by atoms with Crippen molar-refractivity contribution in [1.82, 2.24) is 20.2 Å². The number of benzene rings is 1. The second kappa shape index (κ2) is 5.35. The molecule has 1 aliphatic heterocycles. The van der Waals surface area contributed by atoms with Crippen LogP contribution in [0.4, 0.5) is 5.95 Å². The lowest BCUT2D eigenvalue weighted by Crippen LogP contribution is -2.29. The van der Waals surface area contributed by atoms with Crippen molar-refractivity contribution < 1.29 is 9.53 Å². The van der Waals surface area contributed by atoms with Gasteiger partial charge in [0.25, 0.3) is 0 Å². The second-order valence-electron chi connectivity index (χ2n) is 4.64. The molecule has 0 fully saturated rings. The standard InChI is InChI=1S/C14H15N5O2/c1-3-21-13(20)11-9(2)15-14-16-17-18-19(14)12(11)10-7-5-4-6-8-10/h4-8,12H,3H2,1-2H3,(H,15,16,18)/t12-/m0/s1. The Kier molecular flexibility index (Phi) is 3.39. The maximum absolute atomic E-state index is 12.3. The highest BCUT2D eigenvalue weighted by molar-refractivity contribution is 5.92. The van der Waals surface area contributed by atoms with Crippen molar-refractivity contribution in [3.05, 3.63) is 47.2 Å². The molecule has 0 saturated carbocycles. The number of carbonyl (C=O) groups is 1. The molecule has 2 heterocycles. The topological polar surface area (TPSA) is 81.9 Å². The van der Waals surface area contributed by atoms with E-state index in [9.17, 15) is 4.79 Å². The summed E-state index contributed by atoms with van der Waals surface area (Å²) in [4.78, 5) is 12.3. The van der Waals surface area contributed by atoms with Crippen LogP contribution in [-0.4, -0.2) is 32.8 Å². The maximum Gasteiger partial charge on any atom is 0.338 e. The predicted octanol–water partition coefficient (Wildman–Crippen LogP) is 1.53. The van der Waals surface area contributed by atoms with Gasteiger partial charge in [-0.15, -0.1) is 0 Å². The third-order valence-electron chi connectivity index (χ3n) is 3.32. The van der Waals surface area contributed by atoms with Gasteiger partial charge in [0.1, 0.15) is 6.04 Å². The zero-order valence-corrected chi connectivity index (χ0v) is 11.8. The summed E-state index contributed by atoms with van der Waals surface area (Å²) in [5.74, 6) is 0.145. The lowest BCUT2D eigenvalue weighted by Gasteiger charge is -2.27. The molecule has 0 aliphatic carbocycles. The molecule has 0 bridgehead atoms. The van der Waals surface area contributed by atoms with Gasteiger partial charge in [0.05, 0.1) is 12.2 Å². The summed E-state index contributed by atoms with van der Waals surface area (Å²) >= 11 is 0. The smallest absolute Gasteiger partial charge is 0.338 e. The van der Waals surface area contributed by atoms with Crippen molar-refractivity contribution >= 4 is 11.9 Å². The number of hydrogen-bond acceptors (Lipinski definition) is 6. The Labute approximate surface area is 121 Å². The Morgan fingerprint density at radius 2 is 2.14 bits per heavy atom. The molecule has 7 heteroatoms. The number of nitrogens with zero attached hydrogens (tertiary/aromatic N) is 4. The first-order chi connectivity index (χ1) is 10.2. The molecular formula is C14H15N5O2. The summed E-state index contributed by atoms with van der Waals surface area (Å²) in [6.45, 7) is 3.92. The zero-order valence-electron chi connectivity index (χ0n) is 11.8. The molecular weight excluding hydrogens is 270 g/mol. The fraction of sp³-hybridized carbons (Fsp3) is 0.286. The van der Waals surface area contributed by atoms with E-state index in [1.807, 2.05) is 37.3 Å². The highest BCUT2D eigenvalue weighted by Crippen LogP contribution is 2.34. The number of ether oxygens (including phenoxy) is 1. The first-order valence-electron chi connectivity index (χ1n) is 6.70. The first kappa shape index (κ1) is 13.3. The van der Waals surface area contributed by atoms with Gasteiger partial charge in [-0.05, 0) is 29.8 Å². The normalized spacial score (nSPS) is 17.1. The summed E-state index contributed by atoms with van der Waals surface area (Å²) in [7, 11) is 0. The third kappa shape index (κ3) is 2.26. The van der Waals surface area contributed by atoms with Crippen molar-refractivity contribution in [2.75, 3.05) is 11.9 Å². The summed E-state index contributed by atoms with van der Waals surface area (Å²) in [6.07, 6.45) is 0. The molecule has 1 N–H and O–H groups in total. The second-order valence-corrected chi connectivity index (χ2v) is 4.64. The summed E-state index contributed by atoms with van der Waals surface area (Å²) in [6, 6.07) is 9.24. The number of anilines is 1. The fourth-order valence-electron chi connectivity index (χ4n) is 2.43. The highest BCUT2D eigenvalue weighted by Gasteiger charge is 2.34. The molecule has 1 aliphatic rings. The van der Waals surface area contributed by atoms with Gasteiger partial charge < -0.3 is 10.1 Å². The highest BCUT2D eigenvalue weighted by atomic mass is 16.5. The minimum atomic E-state index is -0.392. The number of fused-ring (bicyclic) bond motifs is 1. The van der Waals surface area contributed by atoms with Crippen LogP contribution < -0.4 is 5.32 Å². The molecule has 0 saturated heterocycles. The Hall–Kier alpha value is -2.70. The lowest BCUT2D eigenvalue weighted by molar-refractivity contribution is -0.139. The van der Waals surface area contributed by atoms with Crippen LogP contribution in [0.15, 0.2) is 41.6 Å². The van der Waals surface area contributed by atoms with E-state index in [1.165, 1.54) is 0 Å². The first-order valence-corrected chi connectivity index (χ1v) is 6.70. The Balaban J connectivity index is 2.13. The van der Waals surface area contributed by atoms with Gasteiger partial charge in [-0.25, -0.2) is 4.79 Å². The van der Waals surface area contributed by atoms with Crippen molar-refractivity contribution in [3.8, 4) is 0 Å². The van der Waals surface area contributed by atoms with Gasteiger partial charge in [0.15, 0.2) is 0 Å². The van der Waals surface area contributed by atoms with Gasteiger partial charge in [0.2, 0.25) is 5.95 Å². The van der Waals surface area contributed by atoms with Crippen LogP contribution in [-0.2, 0) is 9.53 Å². The minimum Gasteiger partial charge on any atom is -0.463 e. The van der Waals surface area contributed by atoms with E-state index in [0.717, 1.165) is 5.56 Å². The average molecular weight is 285 g/mol. The quantitative estimate of drug-likeness (QED) is 0.861. The van der Waals surface area contributed by atoms with Gasteiger partial charge in [-0.3, -0.25) is 0 Å². The van der Waals surface area contributed by atoms with E-state index < -0.39 is 6.04 Å². The van der Waals surface area contributed by atoms with Gasteiger partial charge in [0, 0.05) is 5.70 Å². The summed E-state index contributed by atoms with van der Waals surface area (Å²) in [5, 5.41) is 14.6. The SMILES string of the molecule is CCOC(=O)C1=C(C)Nc2nnnn2[C@H]1c1ccccc1. The molecule has 21 heavy (non-hydrogen) atoms. The number of hydrogen-bond donors (Lipinski definition) is 1. The van der Waals surface area contributed by atoms with Crippen molar-refractivity contribution in [2.45, 2.75) is 19.9 Å².